The predicted octanol–water partition coefficient (Wildman–Crippen LogP) is 2.50. The minimum Gasteiger partial charge on any atom is -0.490 e. The Morgan fingerprint density at radius 3 is 2.96 bits per heavy atom. The molecule has 2 heterocycles. The SMILES string of the molecule is CC(C)Oc1cc2c(OC[C@H]3CCCNC3)nccc2cc1C(N)=O. The fraction of sp³-hybridized carbons (Fsp3) is 0.474. The normalized spacial score (nSPS) is 17.6. The van der Waals surface area contributed by atoms with Crippen LogP contribution in [0.2, 0.25) is 0 Å². The summed E-state index contributed by atoms with van der Waals surface area (Å²) < 4.78 is 11.8. The van der Waals surface area contributed by atoms with E-state index in [9.17, 15) is 4.79 Å². The summed E-state index contributed by atoms with van der Waals surface area (Å²) in [7, 11) is 0. The van der Waals surface area contributed by atoms with Crippen LogP contribution in [-0.2, 0) is 0 Å². The van der Waals surface area contributed by atoms with Crippen LogP contribution in [0.1, 0.15) is 37.0 Å². The van der Waals surface area contributed by atoms with Gasteiger partial charge in [0, 0.05) is 24.0 Å². The summed E-state index contributed by atoms with van der Waals surface area (Å²) >= 11 is 0. The highest BCUT2D eigenvalue weighted by molar-refractivity contribution is 6.01. The number of hydrogen-bond acceptors (Lipinski definition) is 5. The number of piperidine rings is 1. The molecule has 1 aliphatic rings. The Hall–Kier alpha value is -2.34. The van der Waals surface area contributed by atoms with Crippen molar-refractivity contribution in [1.82, 2.24) is 10.3 Å². The van der Waals surface area contributed by atoms with Gasteiger partial charge in [0.2, 0.25) is 5.88 Å². The lowest BCUT2D eigenvalue weighted by Gasteiger charge is -2.23. The van der Waals surface area contributed by atoms with E-state index in [0.717, 1.165) is 30.3 Å². The van der Waals surface area contributed by atoms with E-state index in [-0.39, 0.29) is 6.10 Å². The zero-order valence-electron chi connectivity index (χ0n) is 14.7. The number of benzene rings is 1. The van der Waals surface area contributed by atoms with Crippen molar-refractivity contribution in [3.63, 3.8) is 0 Å². The molecule has 6 heteroatoms. The molecule has 0 aliphatic carbocycles. The third-order valence-electron chi connectivity index (χ3n) is 4.31. The highest BCUT2D eigenvalue weighted by atomic mass is 16.5. The first-order chi connectivity index (χ1) is 12.0. The van der Waals surface area contributed by atoms with Gasteiger partial charge in [0.1, 0.15) is 5.75 Å². The van der Waals surface area contributed by atoms with Crippen molar-refractivity contribution in [2.45, 2.75) is 32.8 Å². The summed E-state index contributed by atoms with van der Waals surface area (Å²) in [5.41, 5.74) is 5.87. The average molecular weight is 343 g/mol. The monoisotopic (exact) mass is 343 g/mol. The number of carbonyl (C=O) groups excluding carboxylic acids is 1. The highest BCUT2D eigenvalue weighted by Crippen LogP contribution is 2.31. The topological polar surface area (TPSA) is 86.5 Å². The fourth-order valence-corrected chi connectivity index (χ4v) is 3.10. The molecular weight excluding hydrogens is 318 g/mol. The number of fused-ring (bicyclic) bond motifs is 1. The molecule has 3 rings (SSSR count). The number of nitrogens with zero attached hydrogens (tertiary/aromatic N) is 1. The van der Waals surface area contributed by atoms with Crippen molar-refractivity contribution >= 4 is 16.7 Å². The number of hydrogen-bond donors (Lipinski definition) is 2. The van der Waals surface area contributed by atoms with Crippen LogP contribution in [0.5, 0.6) is 11.6 Å². The number of rotatable bonds is 6. The molecule has 0 unspecified atom stereocenters. The number of primary amides is 1. The summed E-state index contributed by atoms with van der Waals surface area (Å²) in [4.78, 5) is 16.1. The van der Waals surface area contributed by atoms with Crippen LogP contribution in [0.4, 0.5) is 0 Å². The zero-order chi connectivity index (χ0) is 17.8. The Balaban J connectivity index is 1.91. The van der Waals surface area contributed by atoms with E-state index in [1.165, 1.54) is 6.42 Å². The number of carbonyl (C=O) groups is 1. The van der Waals surface area contributed by atoms with Crippen LogP contribution in [0, 0.1) is 5.92 Å². The van der Waals surface area contributed by atoms with Crippen LogP contribution in [0.3, 0.4) is 0 Å². The summed E-state index contributed by atoms with van der Waals surface area (Å²) in [6.45, 7) is 6.49. The van der Waals surface area contributed by atoms with Gasteiger partial charge in [0.05, 0.1) is 18.3 Å². The third kappa shape index (κ3) is 4.20. The summed E-state index contributed by atoms with van der Waals surface area (Å²) in [6.07, 6.45) is 3.95. The molecule has 0 spiro atoms. The molecule has 134 valence electrons. The van der Waals surface area contributed by atoms with E-state index in [4.69, 9.17) is 15.2 Å². The number of aromatic nitrogens is 1. The van der Waals surface area contributed by atoms with E-state index in [1.54, 1.807) is 18.3 Å². The van der Waals surface area contributed by atoms with Gasteiger partial charge in [-0.25, -0.2) is 4.98 Å². The predicted molar refractivity (Wildman–Crippen MR) is 97.1 cm³/mol. The molecule has 1 fully saturated rings. The minimum absolute atomic E-state index is 0.0649. The Labute approximate surface area is 147 Å². The van der Waals surface area contributed by atoms with Gasteiger partial charge in [-0.3, -0.25) is 4.79 Å². The van der Waals surface area contributed by atoms with Gasteiger partial charge in [0.15, 0.2) is 0 Å². The summed E-state index contributed by atoms with van der Waals surface area (Å²) in [6, 6.07) is 5.39. The van der Waals surface area contributed by atoms with Crippen molar-refractivity contribution in [1.29, 1.82) is 0 Å². The van der Waals surface area contributed by atoms with Crippen LogP contribution < -0.4 is 20.5 Å². The number of pyridine rings is 1. The van der Waals surface area contributed by atoms with Crippen molar-refractivity contribution in [2.75, 3.05) is 19.7 Å². The van der Waals surface area contributed by atoms with Crippen molar-refractivity contribution in [2.24, 2.45) is 11.7 Å². The molecule has 1 aromatic heterocycles. The maximum atomic E-state index is 11.8. The van der Waals surface area contributed by atoms with Gasteiger partial charge in [-0.2, -0.15) is 0 Å². The van der Waals surface area contributed by atoms with Crippen LogP contribution in [-0.4, -0.2) is 36.7 Å². The number of nitrogens with two attached hydrogens (primary N) is 1. The van der Waals surface area contributed by atoms with Crippen LogP contribution >= 0.6 is 0 Å². The standard InChI is InChI=1S/C19H25N3O3/c1-12(2)25-17-9-15-14(8-16(17)18(20)23)5-7-22-19(15)24-11-13-4-3-6-21-10-13/h5,7-9,12-13,21H,3-4,6,10-11H2,1-2H3,(H2,20,23)/t13-/m0/s1. The number of ether oxygens (including phenoxy) is 2. The third-order valence-corrected chi connectivity index (χ3v) is 4.31. The molecule has 2 aromatic rings. The second kappa shape index (κ2) is 7.70. The Bertz CT molecular complexity index is 755. The number of nitrogens with one attached hydrogen (secondary N) is 1. The Morgan fingerprint density at radius 2 is 2.28 bits per heavy atom. The van der Waals surface area contributed by atoms with Gasteiger partial charge in [0.25, 0.3) is 5.91 Å². The smallest absolute Gasteiger partial charge is 0.252 e. The molecule has 1 amide bonds. The molecule has 1 aromatic carbocycles. The first-order valence-corrected chi connectivity index (χ1v) is 8.77. The molecule has 1 atom stereocenters. The molecule has 1 saturated heterocycles. The van der Waals surface area contributed by atoms with E-state index >= 15 is 0 Å². The molecule has 25 heavy (non-hydrogen) atoms. The molecular formula is C19H25N3O3. The molecule has 6 nitrogen and oxygen atoms in total. The Morgan fingerprint density at radius 1 is 1.44 bits per heavy atom. The first-order valence-electron chi connectivity index (χ1n) is 8.77. The van der Waals surface area contributed by atoms with Gasteiger partial charge in [-0.05, 0) is 56.8 Å². The van der Waals surface area contributed by atoms with E-state index in [1.807, 2.05) is 19.9 Å². The van der Waals surface area contributed by atoms with Gasteiger partial charge >= 0.3 is 0 Å². The van der Waals surface area contributed by atoms with Crippen molar-refractivity contribution in [3.05, 3.63) is 30.0 Å². The van der Waals surface area contributed by atoms with Gasteiger partial charge < -0.3 is 20.5 Å². The van der Waals surface area contributed by atoms with Crippen molar-refractivity contribution < 1.29 is 14.3 Å². The maximum absolute atomic E-state index is 11.8. The summed E-state index contributed by atoms with van der Waals surface area (Å²) in [5, 5.41) is 5.07. The molecule has 0 saturated carbocycles. The lowest BCUT2D eigenvalue weighted by atomic mass is 10.0. The van der Waals surface area contributed by atoms with Gasteiger partial charge in [-0.15, -0.1) is 0 Å². The quantitative estimate of drug-likeness (QED) is 0.841. The molecule has 3 N–H and O–H groups in total. The highest BCUT2D eigenvalue weighted by Gasteiger charge is 2.17. The average Bonchev–Trinajstić information content (AvgIpc) is 2.59. The van der Waals surface area contributed by atoms with E-state index in [0.29, 0.717) is 29.7 Å². The summed E-state index contributed by atoms with van der Waals surface area (Å²) in [5.74, 6) is 1.01. The number of amides is 1. The van der Waals surface area contributed by atoms with E-state index in [2.05, 4.69) is 10.3 Å². The van der Waals surface area contributed by atoms with Crippen molar-refractivity contribution in [3.8, 4) is 11.6 Å². The Kier molecular flexibility index (Phi) is 5.38. The lowest BCUT2D eigenvalue weighted by Crippen LogP contribution is -2.33. The minimum atomic E-state index is -0.509. The maximum Gasteiger partial charge on any atom is 0.252 e. The van der Waals surface area contributed by atoms with Crippen LogP contribution in [0.15, 0.2) is 24.4 Å². The van der Waals surface area contributed by atoms with Gasteiger partial charge in [-0.1, -0.05) is 0 Å². The lowest BCUT2D eigenvalue weighted by molar-refractivity contribution is 0.0994. The van der Waals surface area contributed by atoms with E-state index < -0.39 is 5.91 Å². The zero-order valence-corrected chi connectivity index (χ0v) is 14.7. The second-order valence-electron chi connectivity index (χ2n) is 6.74. The molecule has 0 radical (unpaired) electrons. The van der Waals surface area contributed by atoms with Crippen LogP contribution in [0.25, 0.3) is 10.8 Å². The largest absolute Gasteiger partial charge is 0.490 e. The first kappa shape index (κ1) is 17.5. The fourth-order valence-electron chi connectivity index (χ4n) is 3.10. The molecule has 1 aliphatic heterocycles. The molecule has 0 bridgehead atoms. The second-order valence-corrected chi connectivity index (χ2v) is 6.74.